The molecule has 2 heterocycles. The number of hydrogen-bond acceptors (Lipinski definition) is 4. The molecule has 0 radical (unpaired) electrons. The molecule has 5 heteroatoms. The van der Waals surface area contributed by atoms with Crippen LogP contribution in [0.4, 0.5) is 0 Å². The fourth-order valence-electron chi connectivity index (χ4n) is 2.56. The molecule has 1 aliphatic rings. The van der Waals surface area contributed by atoms with E-state index in [-0.39, 0.29) is 6.10 Å². The molecule has 1 N–H and O–H groups in total. The molecule has 1 aromatic heterocycles. The molecule has 0 saturated carbocycles. The molecule has 1 unspecified atom stereocenters. The van der Waals surface area contributed by atoms with E-state index in [0.29, 0.717) is 5.88 Å². The molecule has 20 heavy (non-hydrogen) atoms. The number of thiazole rings is 1. The van der Waals surface area contributed by atoms with Gasteiger partial charge in [-0.3, -0.25) is 4.90 Å². The lowest BCUT2D eigenvalue weighted by atomic mass is 10.1. The lowest BCUT2D eigenvalue weighted by Crippen LogP contribution is -2.21. The highest BCUT2D eigenvalue weighted by atomic mass is 35.5. The predicted octanol–water partition coefficient (Wildman–Crippen LogP) is 3.12. The maximum Gasteiger partial charge on any atom is 0.123 e. The van der Waals surface area contributed by atoms with E-state index in [9.17, 15) is 5.11 Å². The van der Waals surface area contributed by atoms with Crippen molar-refractivity contribution in [2.75, 3.05) is 13.1 Å². The van der Waals surface area contributed by atoms with Gasteiger partial charge < -0.3 is 5.11 Å². The lowest BCUT2D eigenvalue weighted by molar-refractivity contribution is 0.175. The second kappa shape index (κ2) is 6.22. The van der Waals surface area contributed by atoms with Crippen LogP contribution in [-0.4, -0.2) is 34.2 Å². The summed E-state index contributed by atoms with van der Waals surface area (Å²) in [6.45, 7) is 2.59. The summed E-state index contributed by atoms with van der Waals surface area (Å²) in [5.74, 6) is 0.455. The molecule has 2 aromatic rings. The van der Waals surface area contributed by atoms with Crippen LogP contribution in [0.5, 0.6) is 0 Å². The smallest absolute Gasteiger partial charge is 0.123 e. The molecule has 106 valence electrons. The standard InChI is InChI=1S/C15H17ClN2OS/c16-7-12-10-20-15(17-12)14-4-2-1-3-11(14)8-18-6-5-13(19)9-18/h1-4,10,13,19H,5-9H2. The molecule has 1 aliphatic heterocycles. The number of aromatic nitrogens is 1. The second-order valence-corrected chi connectivity index (χ2v) is 6.24. The fourth-order valence-corrected chi connectivity index (χ4v) is 3.66. The molecular weight excluding hydrogens is 292 g/mol. The van der Waals surface area contributed by atoms with Gasteiger partial charge in [-0.2, -0.15) is 0 Å². The number of alkyl halides is 1. The van der Waals surface area contributed by atoms with E-state index in [1.807, 2.05) is 11.4 Å². The summed E-state index contributed by atoms with van der Waals surface area (Å²) < 4.78 is 0. The number of aliphatic hydroxyl groups excluding tert-OH is 1. The monoisotopic (exact) mass is 308 g/mol. The van der Waals surface area contributed by atoms with Gasteiger partial charge in [0.15, 0.2) is 0 Å². The minimum atomic E-state index is -0.176. The van der Waals surface area contributed by atoms with Crippen molar-refractivity contribution >= 4 is 22.9 Å². The van der Waals surface area contributed by atoms with Gasteiger partial charge in [-0.15, -0.1) is 22.9 Å². The summed E-state index contributed by atoms with van der Waals surface area (Å²) in [4.78, 5) is 6.86. The van der Waals surface area contributed by atoms with Gasteiger partial charge in [0, 0.05) is 30.6 Å². The van der Waals surface area contributed by atoms with Crippen LogP contribution in [0.3, 0.4) is 0 Å². The maximum atomic E-state index is 9.63. The van der Waals surface area contributed by atoms with Crippen LogP contribution in [0.1, 0.15) is 17.7 Å². The Labute approximate surface area is 127 Å². The van der Waals surface area contributed by atoms with E-state index in [0.717, 1.165) is 36.8 Å². The van der Waals surface area contributed by atoms with Crippen LogP contribution in [0.15, 0.2) is 29.6 Å². The third-order valence-electron chi connectivity index (χ3n) is 3.58. The van der Waals surface area contributed by atoms with E-state index in [1.54, 1.807) is 11.3 Å². The Balaban J connectivity index is 1.84. The minimum Gasteiger partial charge on any atom is -0.392 e. The zero-order valence-corrected chi connectivity index (χ0v) is 12.7. The quantitative estimate of drug-likeness (QED) is 0.882. The number of rotatable bonds is 4. The van der Waals surface area contributed by atoms with Gasteiger partial charge in [0.2, 0.25) is 0 Å². The highest BCUT2D eigenvalue weighted by Crippen LogP contribution is 2.29. The normalized spacial score (nSPS) is 19.6. The Morgan fingerprint density at radius 1 is 1.40 bits per heavy atom. The number of nitrogens with zero attached hydrogens (tertiary/aromatic N) is 2. The first kappa shape index (κ1) is 14.0. The van der Waals surface area contributed by atoms with Gasteiger partial charge in [-0.05, 0) is 12.0 Å². The molecule has 1 fully saturated rings. The van der Waals surface area contributed by atoms with E-state index < -0.39 is 0 Å². The molecule has 0 spiro atoms. The molecule has 1 saturated heterocycles. The van der Waals surface area contributed by atoms with Crippen LogP contribution in [0.2, 0.25) is 0 Å². The van der Waals surface area contributed by atoms with E-state index >= 15 is 0 Å². The Morgan fingerprint density at radius 2 is 2.25 bits per heavy atom. The summed E-state index contributed by atoms with van der Waals surface area (Å²) in [6.07, 6.45) is 0.695. The first-order chi connectivity index (χ1) is 9.76. The largest absolute Gasteiger partial charge is 0.392 e. The van der Waals surface area contributed by atoms with Crippen LogP contribution in [0, 0.1) is 0 Å². The third kappa shape index (κ3) is 3.04. The number of β-amino-alcohol motifs (C(OH)–C–C–N with tert-alkyl or cyclic N) is 1. The van der Waals surface area contributed by atoms with Crippen LogP contribution >= 0.6 is 22.9 Å². The second-order valence-electron chi connectivity index (χ2n) is 5.11. The lowest BCUT2D eigenvalue weighted by Gasteiger charge is -2.16. The molecule has 1 atom stereocenters. The molecule has 0 amide bonds. The van der Waals surface area contributed by atoms with Gasteiger partial charge in [0.25, 0.3) is 0 Å². The van der Waals surface area contributed by atoms with Gasteiger partial charge in [-0.1, -0.05) is 24.3 Å². The predicted molar refractivity (Wildman–Crippen MR) is 83.0 cm³/mol. The number of likely N-dealkylation sites (tertiary alicyclic amines) is 1. The van der Waals surface area contributed by atoms with Crippen LogP contribution in [-0.2, 0) is 12.4 Å². The van der Waals surface area contributed by atoms with Gasteiger partial charge in [-0.25, -0.2) is 4.98 Å². The molecule has 0 bridgehead atoms. The van der Waals surface area contributed by atoms with Crippen molar-refractivity contribution in [1.29, 1.82) is 0 Å². The minimum absolute atomic E-state index is 0.176. The number of halogens is 1. The first-order valence-corrected chi connectivity index (χ1v) is 8.16. The summed E-state index contributed by atoms with van der Waals surface area (Å²) in [7, 11) is 0. The van der Waals surface area contributed by atoms with E-state index in [4.69, 9.17) is 11.6 Å². The molecule has 3 nitrogen and oxygen atoms in total. The summed E-state index contributed by atoms with van der Waals surface area (Å²) in [5, 5.41) is 12.7. The Kier molecular flexibility index (Phi) is 4.36. The Morgan fingerprint density at radius 3 is 2.95 bits per heavy atom. The van der Waals surface area contributed by atoms with E-state index in [2.05, 4.69) is 28.1 Å². The van der Waals surface area contributed by atoms with Crippen molar-refractivity contribution in [1.82, 2.24) is 9.88 Å². The number of hydrogen-bond donors (Lipinski definition) is 1. The topological polar surface area (TPSA) is 36.4 Å². The number of benzene rings is 1. The number of aliphatic hydroxyl groups is 1. The Hall–Kier alpha value is -0.940. The summed E-state index contributed by atoms with van der Waals surface area (Å²) >= 11 is 7.47. The molecule has 1 aromatic carbocycles. The summed E-state index contributed by atoms with van der Waals surface area (Å²) in [5.41, 5.74) is 3.37. The first-order valence-electron chi connectivity index (χ1n) is 6.75. The molecule has 3 rings (SSSR count). The van der Waals surface area contributed by atoms with Crippen molar-refractivity contribution in [2.24, 2.45) is 0 Å². The van der Waals surface area contributed by atoms with Gasteiger partial charge >= 0.3 is 0 Å². The third-order valence-corrected chi connectivity index (χ3v) is 4.78. The zero-order valence-electron chi connectivity index (χ0n) is 11.1. The van der Waals surface area contributed by atoms with Crippen LogP contribution in [0.25, 0.3) is 10.6 Å². The SMILES string of the molecule is OC1CCN(Cc2ccccc2-c2nc(CCl)cs2)C1. The van der Waals surface area contributed by atoms with Gasteiger partial charge in [0.1, 0.15) is 5.01 Å². The van der Waals surface area contributed by atoms with Crippen molar-refractivity contribution < 1.29 is 5.11 Å². The average molecular weight is 309 g/mol. The summed E-state index contributed by atoms with van der Waals surface area (Å²) in [6, 6.07) is 8.35. The Bertz CT molecular complexity index is 587. The molecular formula is C15H17ClN2OS. The maximum absolute atomic E-state index is 9.63. The van der Waals surface area contributed by atoms with Crippen molar-refractivity contribution in [2.45, 2.75) is 24.9 Å². The van der Waals surface area contributed by atoms with Crippen molar-refractivity contribution in [3.8, 4) is 10.6 Å². The fraction of sp³-hybridized carbons (Fsp3) is 0.400. The zero-order chi connectivity index (χ0) is 13.9. The highest BCUT2D eigenvalue weighted by Gasteiger charge is 2.21. The van der Waals surface area contributed by atoms with E-state index in [1.165, 1.54) is 11.1 Å². The van der Waals surface area contributed by atoms with Crippen molar-refractivity contribution in [3.63, 3.8) is 0 Å². The van der Waals surface area contributed by atoms with Crippen LogP contribution < -0.4 is 0 Å². The van der Waals surface area contributed by atoms with Gasteiger partial charge in [0.05, 0.1) is 17.7 Å². The average Bonchev–Trinajstić information content (AvgIpc) is 3.08. The van der Waals surface area contributed by atoms with Crippen molar-refractivity contribution in [3.05, 3.63) is 40.9 Å². The highest BCUT2D eigenvalue weighted by molar-refractivity contribution is 7.13. The molecule has 0 aliphatic carbocycles.